The number of rotatable bonds is 16. The van der Waals surface area contributed by atoms with Crippen molar-refractivity contribution < 1.29 is 43.2 Å². The van der Waals surface area contributed by atoms with Crippen molar-refractivity contribution in [3.63, 3.8) is 0 Å². The molecule has 4 fully saturated rings. The number of hydrogen-bond donors (Lipinski definition) is 1. The fourth-order valence-corrected chi connectivity index (χ4v) is 13.8. The first kappa shape index (κ1) is 74.0. The molecule has 24 heteroatoms. The number of anilines is 4. The maximum absolute atomic E-state index is 13.1. The maximum Gasteiger partial charge on any atom is 0.410 e. The normalized spacial score (nSPS) is 19.8. The lowest BCUT2D eigenvalue weighted by Gasteiger charge is -2.45. The number of alkyl halides is 2. The van der Waals surface area contributed by atoms with Gasteiger partial charge in [-0.25, -0.2) is 4.79 Å². The molecule has 6 aromatic rings. The number of amides is 2. The van der Waals surface area contributed by atoms with Crippen molar-refractivity contribution in [2.24, 2.45) is 0 Å². The summed E-state index contributed by atoms with van der Waals surface area (Å²) in [5, 5.41) is 14.8. The molecule has 6 aliphatic heterocycles. The number of morpholine rings is 2. The lowest BCUT2D eigenvalue weighted by molar-refractivity contribution is -0.130. The highest BCUT2D eigenvalue weighted by atomic mass is 35.5. The second-order valence-corrected chi connectivity index (χ2v) is 27.7. The predicted molar refractivity (Wildman–Crippen MR) is 388 cm³/mol. The van der Waals surface area contributed by atoms with Crippen molar-refractivity contribution in [2.45, 2.75) is 124 Å². The van der Waals surface area contributed by atoms with Crippen LogP contribution in [0.25, 0.3) is 21.5 Å². The van der Waals surface area contributed by atoms with E-state index >= 15 is 0 Å². The van der Waals surface area contributed by atoms with Gasteiger partial charge >= 0.3 is 18.1 Å². The number of halogens is 3. The van der Waals surface area contributed by atoms with Crippen LogP contribution in [0.5, 0.6) is 17.8 Å². The van der Waals surface area contributed by atoms with E-state index in [0.29, 0.717) is 64.5 Å². The van der Waals surface area contributed by atoms with Crippen molar-refractivity contribution in [3.05, 3.63) is 126 Å². The first-order chi connectivity index (χ1) is 46.6. The van der Waals surface area contributed by atoms with Gasteiger partial charge in [-0.05, 0) is 133 Å². The third-order valence-corrected chi connectivity index (χ3v) is 18.2. The molecule has 97 heavy (non-hydrogen) atoms. The van der Waals surface area contributed by atoms with Gasteiger partial charge in [0.05, 0.1) is 81.5 Å². The Kier molecular flexibility index (Phi) is 26.7. The number of aromatic nitrogens is 4. The van der Waals surface area contributed by atoms with Crippen LogP contribution in [0.3, 0.4) is 0 Å². The molecule has 2 aromatic heterocycles. The van der Waals surface area contributed by atoms with Gasteiger partial charge in [0.2, 0.25) is 11.1 Å². The minimum atomic E-state index is -0.540. The molecule has 1 N–H and O–H groups in total. The lowest BCUT2D eigenvalue weighted by atomic mass is 10.00. The molecular formula is C73H97Cl3N12O9. The Labute approximate surface area is 587 Å². The highest BCUT2D eigenvalue weighted by molar-refractivity contribution is 6.66. The van der Waals surface area contributed by atoms with Crippen LogP contribution in [0, 0.1) is 6.92 Å². The van der Waals surface area contributed by atoms with Crippen molar-refractivity contribution in [3.8, 4) is 17.8 Å². The van der Waals surface area contributed by atoms with Gasteiger partial charge in [0, 0.05) is 130 Å². The molecule has 0 radical (unpaired) electrons. The molecule has 4 saturated heterocycles. The fraction of sp³-hybridized carbons (Fsp3) is 0.521. The first-order valence-corrected chi connectivity index (χ1v) is 35.4. The van der Waals surface area contributed by atoms with Gasteiger partial charge in [-0.15, -0.1) is 23.2 Å². The Hall–Kier alpha value is -7.24. The van der Waals surface area contributed by atoms with Gasteiger partial charge < -0.3 is 53.3 Å². The van der Waals surface area contributed by atoms with Gasteiger partial charge in [-0.2, -0.15) is 19.9 Å². The monoisotopic (exact) mass is 1390 g/mol. The summed E-state index contributed by atoms with van der Waals surface area (Å²) in [6.45, 7) is 38.6. The molecule has 2 amide bonds. The zero-order valence-electron chi connectivity index (χ0n) is 57.7. The fourth-order valence-electron chi connectivity index (χ4n) is 13.8. The van der Waals surface area contributed by atoms with Crippen LogP contribution in [0.4, 0.5) is 27.8 Å². The number of fused-ring (bicyclic) bond motifs is 4. The molecule has 12 rings (SSSR count). The highest BCUT2D eigenvalue weighted by Gasteiger charge is 2.39. The molecule has 6 aliphatic rings. The Balaban J connectivity index is 0.000000205. The number of allylic oxidation sites excluding steroid dienone is 1. The molecule has 0 aliphatic carbocycles. The van der Waals surface area contributed by atoms with Crippen LogP contribution < -0.4 is 29.1 Å². The van der Waals surface area contributed by atoms with E-state index in [4.69, 9.17) is 78.4 Å². The largest absolute Gasteiger partial charge is 0.508 e. The van der Waals surface area contributed by atoms with Crippen LogP contribution >= 0.6 is 34.8 Å². The number of phenolic OH excluding ortho intramolecular Hbond substituents is 1. The van der Waals surface area contributed by atoms with Gasteiger partial charge in [-0.1, -0.05) is 67.8 Å². The molecule has 4 atom stereocenters. The second kappa shape index (κ2) is 35.0. The van der Waals surface area contributed by atoms with Gasteiger partial charge in [0.25, 0.3) is 0 Å². The van der Waals surface area contributed by atoms with E-state index in [0.717, 1.165) is 156 Å². The molecule has 21 nitrogen and oxygen atoms in total. The van der Waals surface area contributed by atoms with E-state index in [1.807, 2.05) is 54.8 Å². The van der Waals surface area contributed by atoms with E-state index in [-0.39, 0.29) is 47.3 Å². The number of aromatic hydroxyl groups is 1. The van der Waals surface area contributed by atoms with E-state index in [1.54, 1.807) is 6.07 Å². The van der Waals surface area contributed by atoms with E-state index < -0.39 is 10.8 Å². The number of aryl methyl sites for hydroxylation is 1. The van der Waals surface area contributed by atoms with E-state index in [2.05, 4.69) is 120 Å². The Morgan fingerprint density at radius 1 is 0.608 bits per heavy atom. The quantitative estimate of drug-likeness (QED) is 0.0415. The van der Waals surface area contributed by atoms with Gasteiger partial charge in [0.15, 0.2) is 0 Å². The second-order valence-electron chi connectivity index (χ2n) is 26.5. The summed E-state index contributed by atoms with van der Waals surface area (Å²) < 4.78 is 29.2. The molecular weight excluding hydrogens is 1300 g/mol. The Bertz CT molecular complexity index is 3640. The smallest absolute Gasteiger partial charge is 0.410 e. The van der Waals surface area contributed by atoms with Crippen molar-refractivity contribution in [2.75, 3.05) is 143 Å². The zero-order chi connectivity index (χ0) is 69.3. The SMILES string of the molecule is C=CC(=O)Cl.C=CC(=O)N1[C@H](C)CN(c2nc(OCCCN3CCOCC3)nc3c2CCN(c2cc(O)cc4ccccc24)C3)C[C@@H]1C.Cc1cc(N2CCc3c(nc(OCCCN4CCOCC4)nc3N3C[C@@H](C)N(C(=O)OC(C)(C)C)[C@@H](C)C3)C2)c2ccccc2c1.ClCCl. The number of hydrogen-bond acceptors (Lipinski definition) is 19. The van der Waals surface area contributed by atoms with Crippen molar-refractivity contribution in [1.29, 1.82) is 0 Å². The zero-order valence-corrected chi connectivity index (χ0v) is 60.0. The number of phenols is 1. The molecule has 0 saturated carbocycles. The number of nitrogens with zero attached hydrogens (tertiary/aromatic N) is 12. The van der Waals surface area contributed by atoms with E-state index in [9.17, 15) is 19.5 Å². The minimum Gasteiger partial charge on any atom is -0.508 e. The number of piperazine rings is 2. The van der Waals surface area contributed by atoms with Crippen LogP contribution in [0.1, 0.15) is 89.4 Å². The molecule has 4 aromatic carbocycles. The summed E-state index contributed by atoms with van der Waals surface area (Å²) in [6, 6.07) is 25.7. The third kappa shape index (κ3) is 19.8. The van der Waals surface area contributed by atoms with Gasteiger partial charge in [-0.3, -0.25) is 24.3 Å². The average Bonchev–Trinajstić information content (AvgIpc) is 0.771. The summed E-state index contributed by atoms with van der Waals surface area (Å²) in [6.07, 6.45) is 5.56. The Morgan fingerprint density at radius 2 is 1.03 bits per heavy atom. The Morgan fingerprint density at radius 3 is 1.46 bits per heavy atom. The highest BCUT2D eigenvalue weighted by Crippen LogP contribution is 2.39. The average molecular weight is 1390 g/mol. The molecule has 524 valence electrons. The van der Waals surface area contributed by atoms with Crippen LogP contribution in [0.15, 0.2) is 98.1 Å². The minimum absolute atomic E-state index is 0.0107. The number of carbonyl (C=O) groups is 3. The summed E-state index contributed by atoms with van der Waals surface area (Å²) in [7, 11) is 0. The maximum atomic E-state index is 13.1. The van der Waals surface area contributed by atoms with Crippen LogP contribution in [0.2, 0.25) is 0 Å². The summed E-state index contributed by atoms with van der Waals surface area (Å²) in [4.78, 5) is 73.2. The molecule has 8 heterocycles. The van der Waals surface area contributed by atoms with Crippen molar-refractivity contribution >= 4 is 96.6 Å². The molecule has 0 unspecified atom stereocenters. The predicted octanol–water partition coefficient (Wildman–Crippen LogP) is 11.4. The van der Waals surface area contributed by atoms with Crippen LogP contribution in [-0.2, 0) is 49.7 Å². The van der Waals surface area contributed by atoms with E-state index in [1.165, 1.54) is 33.7 Å². The number of ether oxygens (including phenoxy) is 5. The first-order valence-electron chi connectivity index (χ1n) is 33.9. The summed E-state index contributed by atoms with van der Waals surface area (Å²) in [5.41, 5.74) is 7.20. The standard InChI is InChI=1S/C36H50N6O4.C33H42N6O4.C3H3ClO.CH2Cl2/c1-25-20-28-10-7-8-11-29(28)32(21-25)40-14-12-30-31(24-40)37-34(45-17-9-13-39-15-18-44-19-16-39)38-33(30)41-22-26(2)42(27(3)23-41)35(43)46-36(4,5)6;1-4-31(41)39-23(2)20-38(21-24(39)3)32-28-10-12-37(30-19-26(40)18-25-8-5-6-9-27(25)30)22-29(28)34-33(35-32)43-15-7-11-36-13-16-42-17-14-36;1-2-3(4)5;2-1-3/h7-8,10-11,20-21,26-27H,9,12-19,22-24H2,1-6H3;4-6,8-9,18-19,23-24,40H,1,7,10-17,20-22H2,2-3H3;2H,1H2;1H2/t26-,27+;23-,24+;;. The molecule has 0 bridgehead atoms. The number of benzene rings is 4. The lowest BCUT2D eigenvalue weighted by Crippen LogP contribution is -2.60. The third-order valence-electron chi connectivity index (χ3n) is 18.1. The van der Waals surface area contributed by atoms with Gasteiger partial charge in [0.1, 0.15) is 23.0 Å². The number of carbonyl (C=O) groups excluding carboxylic acids is 3. The van der Waals surface area contributed by atoms with Crippen molar-refractivity contribution in [1.82, 2.24) is 39.5 Å². The summed E-state index contributed by atoms with van der Waals surface area (Å²) >= 11 is 14.2. The summed E-state index contributed by atoms with van der Waals surface area (Å²) in [5.74, 6) is 2.05. The molecule has 0 spiro atoms. The van der Waals surface area contributed by atoms with Crippen LogP contribution in [-0.4, -0.2) is 215 Å². The topological polar surface area (TPSA) is 195 Å².